The van der Waals surface area contributed by atoms with Gasteiger partial charge in [0.05, 0.1) is 17.7 Å². The number of carbonyl (C=O) groups is 2. The second kappa shape index (κ2) is 6.81. The van der Waals surface area contributed by atoms with E-state index in [1.165, 1.54) is 12.1 Å². The molecular weight excluding hydrogens is 343 g/mol. The van der Waals surface area contributed by atoms with Crippen LogP contribution in [0.15, 0.2) is 30.5 Å². The molecule has 1 heterocycles. The summed E-state index contributed by atoms with van der Waals surface area (Å²) in [6, 6.07) is 5.80. The zero-order valence-corrected chi connectivity index (χ0v) is 13.7. The number of hydrogen-bond donors (Lipinski definition) is 4. The first kappa shape index (κ1) is 18.0. The van der Waals surface area contributed by atoms with Gasteiger partial charge < -0.3 is 20.6 Å². The first-order valence-electron chi connectivity index (χ1n) is 7.96. The average molecular weight is 360 g/mol. The van der Waals surface area contributed by atoms with Crippen molar-refractivity contribution < 1.29 is 29.3 Å². The van der Waals surface area contributed by atoms with Crippen LogP contribution in [0.5, 0.6) is 5.75 Å². The lowest BCUT2D eigenvalue weighted by Gasteiger charge is -2.19. The highest BCUT2D eigenvalue weighted by molar-refractivity contribution is 6.01. The molecule has 0 unspecified atom stereocenters. The van der Waals surface area contributed by atoms with Crippen LogP contribution >= 0.6 is 0 Å². The number of aliphatic hydroxyl groups excluding tert-OH is 2. The number of ketones is 1. The monoisotopic (exact) mass is 360 g/mol. The molecule has 0 bridgehead atoms. The Morgan fingerprint density at radius 3 is 2.38 bits per heavy atom. The summed E-state index contributed by atoms with van der Waals surface area (Å²) in [6.07, 6.45) is 2.41. The molecule has 1 aliphatic rings. The third-order valence-electron chi connectivity index (χ3n) is 4.47. The topological polar surface area (TPSA) is 120 Å². The molecule has 1 amide bonds. The molecule has 0 saturated heterocycles. The van der Waals surface area contributed by atoms with Crippen LogP contribution in [-0.4, -0.2) is 38.6 Å². The largest absolute Gasteiger partial charge is 0.505 e. The minimum atomic E-state index is -0.856. The summed E-state index contributed by atoms with van der Waals surface area (Å²) in [5, 5.41) is 31.3. The van der Waals surface area contributed by atoms with E-state index in [0.717, 1.165) is 11.8 Å². The van der Waals surface area contributed by atoms with Crippen molar-refractivity contribution in [1.29, 1.82) is 0 Å². The average Bonchev–Trinajstić information content (AvgIpc) is 3.41. The standard InChI is InChI=1S/C18H17FN2O5/c19-11-3-1-10(2-4-11)18(5-6-18)21-17(26)12-7-20-15(14(24)9-23)16(25)13(12)8-22/h1-4,7,22-23,25H,5-6,8-9H2,(H,21,26). The summed E-state index contributed by atoms with van der Waals surface area (Å²) in [4.78, 5) is 27.9. The molecule has 0 atom stereocenters. The SMILES string of the molecule is O=C(NC1(c2ccc(F)cc2)CC1)c1cnc(C(=O)CO)c(O)c1CO. The molecule has 1 aromatic carbocycles. The summed E-state index contributed by atoms with van der Waals surface area (Å²) < 4.78 is 13.1. The van der Waals surface area contributed by atoms with Gasteiger partial charge in [-0.25, -0.2) is 9.37 Å². The quantitative estimate of drug-likeness (QED) is 0.571. The Bertz CT molecular complexity index is 863. The van der Waals surface area contributed by atoms with E-state index in [0.29, 0.717) is 12.8 Å². The Hall–Kier alpha value is -2.84. The molecule has 4 N–H and O–H groups in total. The van der Waals surface area contributed by atoms with Crippen molar-refractivity contribution in [1.82, 2.24) is 10.3 Å². The number of amides is 1. The Labute approximate surface area is 148 Å². The van der Waals surface area contributed by atoms with Gasteiger partial charge in [-0.15, -0.1) is 0 Å². The third-order valence-corrected chi connectivity index (χ3v) is 4.47. The summed E-state index contributed by atoms with van der Waals surface area (Å²) in [7, 11) is 0. The molecule has 1 fully saturated rings. The Morgan fingerprint density at radius 2 is 1.85 bits per heavy atom. The molecule has 8 heteroatoms. The summed E-state index contributed by atoms with van der Waals surface area (Å²) in [5.41, 5.74) is -0.515. The van der Waals surface area contributed by atoms with Crippen molar-refractivity contribution >= 4 is 11.7 Å². The van der Waals surface area contributed by atoms with Crippen LogP contribution in [-0.2, 0) is 12.1 Å². The summed E-state index contributed by atoms with van der Waals surface area (Å²) in [6.45, 7) is -1.54. The van der Waals surface area contributed by atoms with Gasteiger partial charge >= 0.3 is 0 Å². The predicted octanol–water partition coefficient (Wildman–Crippen LogP) is 1.01. The van der Waals surface area contributed by atoms with Crippen molar-refractivity contribution in [3.05, 3.63) is 58.7 Å². The van der Waals surface area contributed by atoms with E-state index < -0.39 is 41.9 Å². The van der Waals surface area contributed by atoms with Crippen LogP contribution in [0.4, 0.5) is 4.39 Å². The minimum absolute atomic E-state index is 0.0760. The molecule has 1 aromatic heterocycles. The zero-order valence-electron chi connectivity index (χ0n) is 13.7. The summed E-state index contributed by atoms with van der Waals surface area (Å²) in [5.74, 6) is -2.42. The molecule has 1 saturated carbocycles. The van der Waals surface area contributed by atoms with Crippen LogP contribution in [0.1, 0.15) is 44.8 Å². The third kappa shape index (κ3) is 3.16. The first-order chi connectivity index (χ1) is 12.4. The number of aliphatic hydroxyl groups is 2. The van der Waals surface area contributed by atoms with Gasteiger partial charge in [0.2, 0.25) is 5.78 Å². The van der Waals surface area contributed by atoms with E-state index >= 15 is 0 Å². The van der Waals surface area contributed by atoms with E-state index in [9.17, 15) is 24.2 Å². The number of aromatic nitrogens is 1. The molecule has 26 heavy (non-hydrogen) atoms. The number of carbonyl (C=O) groups excluding carboxylic acids is 2. The summed E-state index contributed by atoms with van der Waals surface area (Å²) >= 11 is 0. The van der Waals surface area contributed by atoms with E-state index in [4.69, 9.17) is 5.11 Å². The smallest absolute Gasteiger partial charge is 0.254 e. The van der Waals surface area contributed by atoms with E-state index in [1.807, 2.05) is 0 Å². The van der Waals surface area contributed by atoms with Crippen LogP contribution in [0, 0.1) is 5.82 Å². The Balaban J connectivity index is 1.89. The number of pyridine rings is 1. The van der Waals surface area contributed by atoms with Crippen molar-refractivity contribution in [2.24, 2.45) is 0 Å². The van der Waals surface area contributed by atoms with Gasteiger partial charge in [0.1, 0.15) is 12.4 Å². The van der Waals surface area contributed by atoms with Gasteiger partial charge in [-0.2, -0.15) is 0 Å². The molecule has 7 nitrogen and oxygen atoms in total. The van der Waals surface area contributed by atoms with Gasteiger partial charge in [-0.3, -0.25) is 9.59 Å². The highest BCUT2D eigenvalue weighted by Gasteiger charge is 2.46. The number of rotatable bonds is 6. The van der Waals surface area contributed by atoms with Crippen LogP contribution < -0.4 is 5.32 Å². The van der Waals surface area contributed by atoms with Gasteiger partial charge in [0.25, 0.3) is 5.91 Å². The number of nitrogens with one attached hydrogen (secondary N) is 1. The fourth-order valence-electron chi connectivity index (χ4n) is 2.84. The van der Waals surface area contributed by atoms with Gasteiger partial charge in [0, 0.05) is 11.8 Å². The van der Waals surface area contributed by atoms with Gasteiger partial charge in [-0.1, -0.05) is 12.1 Å². The predicted molar refractivity (Wildman–Crippen MR) is 88.0 cm³/mol. The molecule has 0 spiro atoms. The van der Waals surface area contributed by atoms with Crippen LogP contribution in [0.2, 0.25) is 0 Å². The second-order valence-corrected chi connectivity index (χ2v) is 6.13. The fourth-order valence-corrected chi connectivity index (χ4v) is 2.84. The Morgan fingerprint density at radius 1 is 1.19 bits per heavy atom. The maximum absolute atomic E-state index is 13.1. The van der Waals surface area contributed by atoms with Crippen LogP contribution in [0.3, 0.4) is 0 Å². The van der Waals surface area contributed by atoms with Crippen molar-refractivity contribution in [2.75, 3.05) is 6.61 Å². The van der Waals surface area contributed by atoms with E-state index in [2.05, 4.69) is 10.3 Å². The van der Waals surface area contributed by atoms with Crippen LogP contribution in [0.25, 0.3) is 0 Å². The normalized spacial score (nSPS) is 14.7. The second-order valence-electron chi connectivity index (χ2n) is 6.13. The lowest BCUT2D eigenvalue weighted by Crippen LogP contribution is -2.35. The number of benzene rings is 1. The maximum atomic E-state index is 13.1. The molecule has 0 aliphatic heterocycles. The van der Waals surface area contributed by atoms with E-state index in [1.54, 1.807) is 12.1 Å². The number of hydrogen-bond acceptors (Lipinski definition) is 6. The molecule has 3 rings (SSSR count). The highest BCUT2D eigenvalue weighted by Crippen LogP contribution is 2.45. The first-order valence-corrected chi connectivity index (χ1v) is 7.96. The molecule has 0 radical (unpaired) electrons. The minimum Gasteiger partial charge on any atom is -0.505 e. The molecular formula is C18H17FN2O5. The van der Waals surface area contributed by atoms with Crippen molar-refractivity contribution in [3.8, 4) is 5.75 Å². The highest BCUT2D eigenvalue weighted by atomic mass is 19.1. The lowest BCUT2D eigenvalue weighted by atomic mass is 10.0. The van der Waals surface area contributed by atoms with Gasteiger partial charge in [0.15, 0.2) is 11.4 Å². The number of aromatic hydroxyl groups is 1. The molecule has 136 valence electrons. The fraction of sp³-hybridized carbons (Fsp3) is 0.278. The van der Waals surface area contributed by atoms with Crippen molar-refractivity contribution in [2.45, 2.75) is 25.0 Å². The number of Topliss-reactive ketones (excluding diaryl/α,β-unsaturated/α-hetero) is 1. The number of halogens is 1. The maximum Gasteiger partial charge on any atom is 0.254 e. The number of nitrogens with zero attached hydrogens (tertiary/aromatic N) is 1. The molecule has 1 aliphatic carbocycles. The Kier molecular flexibility index (Phi) is 4.71. The van der Waals surface area contributed by atoms with E-state index in [-0.39, 0.29) is 16.9 Å². The zero-order chi connectivity index (χ0) is 18.9. The molecule has 2 aromatic rings. The lowest BCUT2D eigenvalue weighted by molar-refractivity contribution is 0.0889. The van der Waals surface area contributed by atoms with Crippen molar-refractivity contribution in [3.63, 3.8) is 0 Å². The van der Waals surface area contributed by atoms with Gasteiger partial charge in [-0.05, 0) is 30.5 Å².